The largest absolute Gasteiger partial charge is 0.332 e. The molecule has 0 saturated carbocycles. The van der Waals surface area contributed by atoms with Crippen molar-refractivity contribution in [2.45, 2.75) is 32.2 Å². The molecule has 1 aliphatic heterocycles. The van der Waals surface area contributed by atoms with Crippen LogP contribution in [0.3, 0.4) is 0 Å². The smallest absolute Gasteiger partial charge is 0.283 e. The molecule has 1 atom stereocenters. The molecule has 116 valence electrons. The Morgan fingerprint density at radius 1 is 1.36 bits per heavy atom. The topological polar surface area (TPSA) is 59.2 Å². The van der Waals surface area contributed by atoms with Gasteiger partial charge < -0.3 is 10.6 Å². The molecule has 1 aliphatic rings. The van der Waals surface area contributed by atoms with E-state index in [1.165, 1.54) is 16.9 Å². The number of piperidine rings is 1. The van der Waals surface area contributed by atoms with Crippen LogP contribution in [0.2, 0.25) is 0 Å². The number of carbonyl (C=O) groups is 1. The zero-order chi connectivity index (χ0) is 15.5. The minimum absolute atomic E-state index is 0.0264. The van der Waals surface area contributed by atoms with E-state index >= 15 is 0 Å². The molecule has 2 aromatic rings. The fraction of sp³-hybridized carbons (Fsp3) is 0.412. The van der Waals surface area contributed by atoms with Gasteiger partial charge in [0.2, 0.25) is 0 Å². The molecule has 0 bridgehead atoms. The van der Waals surface area contributed by atoms with Crippen LogP contribution in [0.25, 0.3) is 11.3 Å². The number of aryl methyl sites for hydroxylation is 1. The van der Waals surface area contributed by atoms with Crippen LogP contribution in [-0.2, 0) is 0 Å². The van der Waals surface area contributed by atoms with Crippen LogP contribution in [0, 0.1) is 6.92 Å². The molecule has 0 unspecified atom stereocenters. The first kappa shape index (κ1) is 15.2. The predicted octanol–water partition coefficient (Wildman–Crippen LogP) is 3.07. The maximum absolute atomic E-state index is 12.7. The summed E-state index contributed by atoms with van der Waals surface area (Å²) in [5, 5.41) is 2.52. The lowest BCUT2D eigenvalue weighted by Crippen LogP contribution is -2.47. The summed E-state index contributed by atoms with van der Waals surface area (Å²) >= 11 is 1.42. The van der Waals surface area contributed by atoms with Crippen LogP contribution < -0.4 is 5.73 Å². The van der Waals surface area contributed by atoms with Gasteiger partial charge >= 0.3 is 0 Å². The van der Waals surface area contributed by atoms with Crippen molar-refractivity contribution in [2.75, 3.05) is 13.1 Å². The number of aromatic nitrogens is 1. The molecule has 2 heterocycles. The van der Waals surface area contributed by atoms with Crippen molar-refractivity contribution in [3.05, 3.63) is 40.2 Å². The first-order valence-corrected chi connectivity index (χ1v) is 8.60. The van der Waals surface area contributed by atoms with Gasteiger partial charge in [0.05, 0.1) is 5.69 Å². The molecule has 3 rings (SSSR count). The van der Waals surface area contributed by atoms with Gasteiger partial charge in [-0.05, 0) is 26.2 Å². The fourth-order valence-electron chi connectivity index (χ4n) is 2.86. The zero-order valence-electron chi connectivity index (χ0n) is 12.8. The minimum atomic E-state index is 0.0264. The van der Waals surface area contributed by atoms with E-state index in [1.54, 1.807) is 0 Å². The molecule has 0 aliphatic carbocycles. The third-order valence-corrected chi connectivity index (χ3v) is 5.02. The van der Waals surface area contributed by atoms with Crippen molar-refractivity contribution in [3.63, 3.8) is 0 Å². The highest BCUT2D eigenvalue weighted by Crippen LogP contribution is 2.25. The van der Waals surface area contributed by atoms with E-state index in [0.29, 0.717) is 11.6 Å². The number of hydrogen-bond acceptors (Lipinski definition) is 4. The standard InChI is InChI=1S/C17H21N3OS/c1-12-5-7-13(8-6-12)15-11-22-16(19-15)17(21)20-9-3-2-4-14(20)10-18/h5-8,11,14H,2-4,9-10,18H2,1H3/t14-/m0/s1. The van der Waals surface area contributed by atoms with E-state index in [4.69, 9.17) is 5.73 Å². The second kappa shape index (κ2) is 6.58. The summed E-state index contributed by atoms with van der Waals surface area (Å²) in [5.74, 6) is 0.0264. The predicted molar refractivity (Wildman–Crippen MR) is 90.0 cm³/mol. The SMILES string of the molecule is Cc1ccc(-c2csc(C(=O)N3CCCC[C@H]3CN)n2)cc1. The highest BCUT2D eigenvalue weighted by Gasteiger charge is 2.28. The first-order chi connectivity index (χ1) is 10.7. The molecule has 1 fully saturated rings. The summed E-state index contributed by atoms with van der Waals surface area (Å²) in [6.07, 6.45) is 3.20. The fourth-order valence-corrected chi connectivity index (χ4v) is 3.65. The second-order valence-corrected chi connectivity index (χ2v) is 6.65. The van der Waals surface area contributed by atoms with Gasteiger partial charge in [0, 0.05) is 30.1 Å². The molecule has 22 heavy (non-hydrogen) atoms. The third-order valence-electron chi connectivity index (χ3n) is 4.19. The minimum Gasteiger partial charge on any atom is -0.332 e. The highest BCUT2D eigenvalue weighted by molar-refractivity contribution is 7.12. The molecule has 2 N–H and O–H groups in total. The molecule has 1 aromatic heterocycles. The van der Waals surface area contributed by atoms with E-state index in [2.05, 4.69) is 24.0 Å². The monoisotopic (exact) mass is 315 g/mol. The van der Waals surface area contributed by atoms with Gasteiger partial charge in [-0.3, -0.25) is 4.79 Å². The lowest BCUT2D eigenvalue weighted by atomic mass is 10.0. The van der Waals surface area contributed by atoms with Gasteiger partial charge in [-0.25, -0.2) is 4.98 Å². The molecular formula is C17H21N3OS. The van der Waals surface area contributed by atoms with E-state index in [0.717, 1.165) is 37.1 Å². The van der Waals surface area contributed by atoms with Crippen LogP contribution in [0.1, 0.15) is 34.6 Å². The quantitative estimate of drug-likeness (QED) is 0.947. The van der Waals surface area contributed by atoms with Crippen LogP contribution in [0.5, 0.6) is 0 Å². The van der Waals surface area contributed by atoms with Gasteiger partial charge in [-0.15, -0.1) is 11.3 Å². The number of benzene rings is 1. The van der Waals surface area contributed by atoms with Gasteiger partial charge in [0.15, 0.2) is 5.01 Å². The Labute approximate surface area is 135 Å². The maximum atomic E-state index is 12.7. The summed E-state index contributed by atoms with van der Waals surface area (Å²) in [6, 6.07) is 8.37. The van der Waals surface area contributed by atoms with Crippen LogP contribution >= 0.6 is 11.3 Å². The van der Waals surface area contributed by atoms with Gasteiger partial charge in [0.25, 0.3) is 5.91 Å². The number of thiazole rings is 1. The van der Waals surface area contributed by atoms with Crippen LogP contribution in [0.15, 0.2) is 29.6 Å². The number of nitrogens with two attached hydrogens (primary N) is 1. The number of carbonyl (C=O) groups excluding carboxylic acids is 1. The van der Waals surface area contributed by atoms with E-state index < -0.39 is 0 Å². The Bertz CT molecular complexity index is 650. The number of likely N-dealkylation sites (tertiary alicyclic amines) is 1. The van der Waals surface area contributed by atoms with Gasteiger partial charge in [-0.1, -0.05) is 29.8 Å². The molecule has 4 nitrogen and oxygen atoms in total. The molecule has 0 radical (unpaired) electrons. The van der Waals surface area contributed by atoms with Crippen molar-refractivity contribution in [3.8, 4) is 11.3 Å². The van der Waals surface area contributed by atoms with Crippen LogP contribution in [0.4, 0.5) is 0 Å². The highest BCUT2D eigenvalue weighted by atomic mass is 32.1. The lowest BCUT2D eigenvalue weighted by molar-refractivity contribution is 0.0623. The second-order valence-electron chi connectivity index (χ2n) is 5.79. The van der Waals surface area contributed by atoms with Crippen LogP contribution in [-0.4, -0.2) is 34.9 Å². The maximum Gasteiger partial charge on any atom is 0.283 e. The Hall–Kier alpha value is -1.72. The zero-order valence-corrected chi connectivity index (χ0v) is 13.6. The Balaban J connectivity index is 1.80. The van der Waals surface area contributed by atoms with Crippen molar-refractivity contribution in [1.82, 2.24) is 9.88 Å². The van der Waals surface area contributed by atoms with E-state index in [-0.39, 0.29) is 11.9 Å². The third kappa shape index (κ3) is 3.05. The Morgan fingerprint density at radius 3 is 2.86 bits per heavy atom. The summed E-state index contributed by atoms with van der Waals surface area (Å²) in [4.78, 5) is 19.1. The summed E-state index contributed by atoms with van der Waals surface area (Å²) in [5.41, 5.74) is 8.95. The van der Waals surface area contributed by atoms with Crippen molar-refractivity contribution in [1.29, 1.82) is 0 Å². The van der Waals surface area contributed by atoms with Crippen molar-refractivity contribution in [2.24, 2.45) is 5.73 Å². The molecule has 1 aromatic carbocycles. The molecule has 5 heteroatoms. The average Bonchev–Trinajstić information content (AvgIpc) is 3.05. The van der Waals surface area contributed by atoms with Gasteiger partial charge in [0.1, 0.15) is 0 Å². The average molecular weight is 315 g/mol. The van der Waals surface area contributed by atoms with Gasteiger partial charge in [-0.2, -0.15) is 0 Å². The van der Waals surface area contributed by atoms with E-state index in [1.807, 2.05) is 22.4 Å². The molecule has 1 saturated heterocycles. The van der Waals surface area contributed by atoms with Crippen molar-refractivity contribution >= 4 is 17.2 Å². The first-order valence-electron chi connectivity index (χ1n) is 7.72. The number of nitrogens with zero attached hydrogens (tertiary/aromatic N) is 2. The number of rotatable bonds is 3. The summed E-state index contributed by atoms with van der Waals surface area (Å²) < 4.78 is 0. The molecule has 1 amide bonds. The molecule has 0 spiro atoms. The summed E-state index contributed by atoms with van der Waals surface area (Å²) in [7, 11) is 0. The Morgan fingerprint density at radius 2 is 2.14 bits per heavy atom. The lowest BCUT2D eigenvalue weighted by Gasteiger charge is -2.34. The number of amides is 1. The molecular weight excluding hydrogens is 294 g/mol. The van der Waals surface area contributed by atoms with Crippen molar-refractivity contribution < 1.29 is 4.79 Å². The normalized spacial score (nSPS) is 18.5. The summed E-state index contributed by atoms with van der Waals surface area (Å²) in [6.45, 7) is 3.38. The number of hydrogen-bond donors (Lipinski definition) is 1. The Kier molecular flexibility index (Phi) is 4.55. The van der Waals surface area contributed by atoms with E-state index in [9.17, 15) is 4.79 Å².